The van der Waals surface area contributed by atoms with Crippen LogP contribution in [0.3, 0.4) is 0 Å². The summed E-state index contributed by atoms with van der Waals surface area (Å²) in [5, 5.41) is 4.10. The SMILES string of the molecule is CCn1ccnc1C(N)c1ccsc1. The number of thiophene rings is 1. The molecular weight excluding hydrogens is 194 g/mol. The summed E-state index contributed by atoms with van der Waals surface area (Å²) < 4.78 is 2.07. The van der Waals surface area contributed by atoms with Gasteiger partial charge in [-0.15, -0.1) is 0 Å². The standard InChI is InChI=1S/C10H13N3S/c1-2-13-5-4-12-10(13)9(11)8-3-6-14-7-8/h3-7,9H,2,11H2,1H3. The number of aromatic nitrogens is 2. The van der Waals surface area contributed by atoms with Gasteiger partial charge in [-0.3, -0.25) is 0 Å². The molecule has 4 heteroatoms. The Morgan fingerprint density at radius 1 is 1.64 bits per heavy atom. The normalized spacial score (nSPS) is 13.0. The lowest BCUT2D eigenvalue weighted by Crippen LogP contribution is -2.16. The number of hydrogen-bond donors (Lipinski definition) is 1. The molecule has 2 N–H and O–H groups in total. The van der Waals surface area contributed by atoms with Crippen LogP contribution in [-0.4, -0.2) is 9.55 Å². The minimum atomic E-state index is -0.101. The van der Waals surface area contributed by atoms with E-state index in [1.54, 1.807) is 17.5 Å². The Kier molecular flexibility index (Phi) is 2.65. The van der Waals surface area contributed by atoms with Crippen LogP contribution in [-0.2, 0) is 6.54 Å². The maximum absolute atomic E-state index is 6.10. The van der Waals surface area contributed by atoms with Crippen LogP contribution < -0.4 is 5.73 Å². The number of rotatable bonds is 3. The lowest BCUT2D eigenvalue weighted by atomic mass is 10.1. The molecule has 1 atom stereocenters. The summed E-state index contributed by atoms with van der Waals surface area (Å²) in [6.45, 7) is 3.00. The summed E-state index contributed by atoms with van der Waals surface area (Å²) in [5.74, 6) is 0.936. The van der Waals surface area contributed by atoms with Gasteiger partial charge in [0.25, 0.3) is 0 Å². The fourth-order valence-corrected chi connectivity index (χ4v) is 2.16. The highest BCUT2D eigenvalue weighted by atomic mass is 32.1. The van der Waals surface area contributed by atoms with Crippen molar-refractivity contribution in [2.45, 2.75) is 19.5 Å². The molecule has 0 radical (unpaired) electrons. The molecule has 0 fully saturated rings. The number of aryl methyl sites for hydroxylation is 1. The molecule has 0 amide bonds. The predicted molar refractivity (Wildman–Crippen MR) is 58.3 cm³/mol. The highest BCUT2D eigenvalue weighted by molar-refractivity contribution is 7.07. The van der Waals surface area contributed by atoms with Crippen LogP contribution in [0.5, 0.6) is 0 Å². The maximum Gasteiger partial charge on any atom is 0.130 e. The largest absolute Gasteiger partial charge is 0.334 e. The van der Waals surface area contributed by atoms with Crippen LogP contribution in [0.15, 0.2) is 29.2 Å². The van der Waals surface area contributed by atoms with E-state index in [0.29, 0.717) is 0 Å². The molecule has 0 bridgehead atoms. The van der Waals surface area contributed by atoms with E-state index in [1.165, 1.54) is 0 Å². The minimum Gasteiger partial charge on any atom is -0.334 e. The van der Waals surface area contributed by atoms with E-state index in [4.69, 9.17) is 5.73 Å². The summed E-state index contributed by atoms with van der Waals surface area (Å²) in [7, 11) is 0. The van der Waals surface area contributed by atoms with E-state index in [2.05, 4.69) is 21.9 Å². The highest BCUT2D eigenvalue weighted by Gasteiger charge is 2.13. The zero-order valence-corrected chi connectivity index (χ0v) is 8.87. The first-order valence-corrected chi connectivity index (χ1v) is 5.56. The van der Waals surface area contributed by atoms with E-state index < -0.39 is 0 Å². The Hall–Kier alpha value is -1.13. The van der Waals surface area contributed by atoms with E-state index >= 15 is 0 Å². The van der Waals surface area contributed by atoms with Gasteiger partial charge in [0.15, 0.2) is 0 Å². The molecule has 1 unspecified atom stereocenters. The van der Waals surface area contributed by atoms with E-state index in [1.807, 2.05) is 17.6 Å². The Balaban J connectivity index is 2.31. The molecule has 2 heterocycles. The maximum atomic E-state index is 6.10. The zero-order valence-electron chi connectivity index (χ0n) is 8.05. The predicted octanol–water partition coefficient (Wildman–Crippen LogP) is 2.01. The molecule has 2 aromatic rings. The van der Waals surface area contributed by atoms with Gasteiger partial charge in [-0.2, -0.15) is 11.3 Å². The van der Waals surface area contributed by atoms with E-state index in [0.717, 1.165) is 17.9 Å². The first-order valence-electron chi connectivity index (χ1n) is 4.61. The van der Waals surface area contributed by atoms with E-state index in [9.17, 15) is 0 Å². The van der Waals surface area contributed by atoms with Gasteiger partial charge in [-0.05, 0) is 29.3 Å². The first-order chi connectivity index (χ1) is 6.83. The average Bonchev–Trinajstić information content (AvgIpc) is 2.87. The van der Waals surface area contributed by atoms with Gasteiger partial charge in [0.2, 0.25) is 0 Å². The Bertz CT molecular complexity index is 391. The number of hydrogen-bond acceptors (Lipinski definition) is 3. The third kappa shape index (κ3) is 1.58. The number of nitrogens with zero attached hydrogens (tertiary/aromatic N) is 2. The smallest absolute Gasteiger partial charge is 0.130 e. The minimum absolute atomic E-state index is 0.101. The molecule has 74 valence electrons. The van der Waals surface area contributed by atoms with Gasteiger partial charge in [0.05, 0.1) is 6.04 Å². The fourth-order valence-electron chi connectivity index (χ4n) is 1.47. The van der Waals surface area contributed by atoms with Crippen molar-refractivity contribution in [2.24, 2.45) is 5.73 Å². The molecule has 14 heavy (non-hydrogen) atoms. The summed E-state index contributed by atoms with van der Waals surface area (Å²) in [6, 6.07) is 1.94. The van der Waals surface area contributed by atoms with Crippen molar-refractivity contribution in [3.05, 3.63) is 40.6 Å². The van der Waals surface area contributed by atoms with Gasteiger partial charge in [0, 0.05) is 18.9 Å². The third-order valence-corrected chi connectivity index (χ3v) is 2.97. The van der Waals surface area contributed by atoms with Gasteiger partial charge >= 0.3 is 0 Å². The molecule has 0 aliphatic carbocycles. The Morgan fingerprint density at radius 3 is 3.14 bits per heavy atom. The van der Waals surface area contributed by atoms with Crippen molar-refractivity contribution < 1.29 is 0 Å². The second-order valence-electron chi connectivity index (χ2n) is 3.11. The van der Waals surface area contributed by atoms with Crippen LogP contribution >= 0.6 is 11.3 Å². The van der Waals surface area contributed by atoms with Gasteiger partial charge in [-0.25, -0.2) is 4.98 Å². The van der Waals surface area contributed by atoms with Crippen molar-refractivity contribution in [1.29, 1.82) is 0 Å². The molecule has 0 saturated heterocycles. The van der Waals surface area contributed by atoms with Gasteiger partial charge in [0.1, 0.15) is 5.82 Å². The second kappa shape index (κ2) is 3.94. The Morgan fingerprint density at radius 2 is 2.50 bits per heavy atom. The quantitative estimate of drug-likeness (QED) is 0.836. The monoisotopic (exact) mass is 207 g/mol. The lowest BCUT2D eigenvalue weighted by Gasteiger charge is -2.11. The summed E-state index contributed by atoms with van der Waals surface area (Å²) in [4.78, 5) is 4.29. The Labute approximate surface area is 87.2 Å². The van der Waals surface area contributed by atoms with Crippen LogP contribution in [0.1, 0.15) is 24.4 Å². The van der Waals surface area contributed by atoms with Crippen LogP contribution in [0.2, 0.25) is 0 Å². The lowest BCUT2D eigenvalue weighted by molar-refractivity contribution is 0.657. The highest BCUT2D eigenvalue weighted by Crippen LogP contribution is 2.20. The molecule has 3 nitrogen and oxygen atoms in total. The van der Waals surface area contributed by atoms with Gasteiger partial charge < -0.3 is 10.3 Å². The molecule has 0 aromatic carbocycles. The molecule has 0 aliphatic heterocycles. The van der Waals surface area contributed by atoms with Crippen molar-refractivity contribution in [3.8, 4) is 0 Å². The van der Waals surface area contributed by atoms with Gasteiger partial charge in [-0.1, -0.05) is 0 Å². The third-order valence-electron chi connectivity index (χ3n) is 2.27. The summed E-state index contributed by atoms with van der Waals surface area (Å²) in [6.07, 6.45) is 3.76. The molecule has 2 rings (SSSR count). The summed E-state index contributed by atoms with van der Waals surface area (Å²) in [5.41, 5.74) is 7.24. The molecule has 0 aliphatic rings. The average molecular weight is 207 g/mol. The molecular formula is C10H13N3S. The fraction of sp³-hybridized carbons (Fsp3) is 0.300. The first kappa shape index (κ1) is 9.43. The van der Waals surface area contributed by atoms with Crippen molar-refractivity contribution in [1.82, 2.24) is 9.55 Å². The van der Waals surface area contributed by atoms with Crippen LogP contribution in [0.4, 0.5) is 0 Å². The number of nitrogens with two attached hydrogens (primary N) is 1. The van der Waals surface area contributed by atoms with Crippen molar-refractivity contribution in [2.75, 3.05) is 0 Å². The molecule has 2 aromatic heterocycles. The topological polar surface area (TPSA) is 43.8 Å². The second-order valence-corrected chi connectivity index (χ2v) is 3.89. The van der Waals surface area contributed by atoms with E-state index in [-0.39, 0.29) is 6.04 Å². The molecule has 0 spiro atoms. The van der Waals surface area contributed by atoms with Crippen LogP contribution in [0.25, 0.3) is 0 Å². The summed E-state index contributed by atoms with van der Waals surface area (Å²) >= 11 is 1.66. The molecule has 0 saturated carbocycles. The van der Waals surface area contributed by atoms with Crippen molar-refractivity contribution in [3.63, 3.8) is 0 Å². The van der Waals surface area contributed by atoms with Crippen molar-refractivity contribution >= 4 is 11.3 Å². The van der Waals surface area contributed by atoms with Crippen LogP contribution in [0, 0.1) is 0 Å². The number of imidazole rings is 1. The zero-order chi connectivity index (χ0) is 9.97.